The van der Waals surface area contributed by atoms with E-state index < -0.39 is 11.2 Å². The molecule has 0 aromatic heterocycles. The molecule has 1 heterocycles. The predicted octanol–water partition coefficient (Wildman–Crippen LogP) is 3.51. The lowest BCUT2D eigenvalue weighted by Crippen LogP contribution is -2.31. The lowest BCUT2D eigenvalue weighted by molar-refractivity contribution is -0.117. The molecule has 27 heavy (non-hydrogen) atoms. The summed E-state index contributed by atoms with van der Waals surface area (Å²) >= 11 is 7.19. The third-order valence-corrected chi connectivity index (χ3v) is 5.60. The molecule has 0 spiro atoms. The van der Waals surface area contributed by atoms with E-state index in [1.165, 1.54) is 23.7 Å². The second kappa shape index (κ2) is 8.30. The topological polar surface area (TPSA) is 73.2 Å². The summed E-state index contributed by atoms with van der Waals surface area (Å²) in [5, 5.41) is 12.4. The van der Waals surface area contributed by atoms with E-state index in [0.717, 1.165) is 5.56 Å². The van der Waals surface area contributed by atoms with Gasteiger partial charge in [-0.25, -0.2) is 0 Å². The Morgan fingerprint density at radius 2 is 1.89 bits per heavy atom. The zero-order valence-corrected chi connectivity index (χ0v) is 16.1. The summed E-state index contributed by atoms with van der Waals surface area (Å²) in [7, 11) is 1.45. The van der Waals surface area contributed by atoms with E-state index in [2.05, 4.69) is 5.32 Å². The first-order valence-corrected chi connectivity index (χ1v) is 9.47. The van der Waals surface area contributed by atoms with Crippen LogP contribution in [-0.4, -0.2) is 24.1 Å². The van der Waals surface area contributed by atoms with E-state index in [9.17, 15) is 14.9 Å². The number of nitrogens with zero attached hydrogens (tertiary/aromatic N) is 2. The van der Waals surface area contributed by atoms with Crippen molar-refractivity contribution in [3.63, 3.8) is 0 Å². The van der Waals surface area contributed by atoms with E-state index in [1.807, 2.05) is 36.4 Å². The van der Waals surface area contributed by atoms with Gasteiger partial charge in [-0.2, -0.15) is 5.26 Å². The molecule has 0 radical (unpaired) electrons. The molecule has 0 bridgehead atoms. The highest BCUT2D eigenvalue weighted by Gasteiger charge is 2.40. The summed E-state index contributed by atoms with van der Waals surface area (Å²) in [5.41, 5.74) is 1.50. The van der Waals surface area contributed by atoms with Gasteiger partial charge in [-0.1, -0.05) is 53.7 Å². The van der Waals surface area contributed by atoms with Crippen LogP contribution in [0, 0.1) is 11.3 Å². The van der Waals surface area contributed by atoms with Crippen molar-refractivity contribution >= 4 is 40.9 Å². The average molecular weight is 398 g/mol. The van der Waals surface area contributed by atoms with Crippen LogP contribution in [0.3, 0.4) is 0 Å². The molecule has 1 atom stereocenters. The van der Waals surface area contributed by atoms with Gasteiger partial charge in [-0.15, -0.1) is 0 Å². The molecule has 2 amide bonds. The summed E-state index contributed by atoms with van der Waals surface area (Å²) in [6.45, 7) is 0. The normalized spacial score (nSPS) is 18.2. The first-order chi connectivity index (χ1) is 13.0. The summed E-state index contributed by atoms with van der Waals surface area (Å²) < 4.78 is 0. The number of benzene rings is 2. The zero-order valence-electron chi connectivity index (χ0n) is 14.5. The molecule has 1 aliphatic heterocycles. The lowest BCUT2D eigenvalue weighted by atomic mass is 10.1. The first kappa shape index (κ1) is 19.0. The number of halogens is 1. The number of carbonyl (C=O) groups is 2. The standard InChI is InChI=1S/C20H16ClN3O2S/c1-23-18(25)16(12-22)20-24(15-9-7-14(21)8-10-15)19(26)17(27-20)11-13-5-3-2-4-6-13/h2-10,17H,11H2,1H3,(H,23,25)/b20-16-/t17-/m1/s1. The Morgan fingerprint density at radius 1 is 1.22 bits per heavy atom. The monoisotopic (exact) mass is 397 g/mol. The van der Waals surface area contributed by atoms with Crippen molar-refractivity contribution in [2.24, 2.45) is 0 Å². The number of nitrogens with one attached hydrogen (secondary N) is 1. The Balaban J connectivity index is 2.04. The third kappa shape index (κ3) is 4.00. The quantitative estimate of drug-likeness (QED) is 0.632. The van der Waals surface area contributed by atoms with Gasteiger partial charge in [0.2, 0.25) is 5.91 Å². The molecular formula is C20H16ClN3O2S. The molecule has 1 fully saturated rings. The van der Waals surface area contributed by atoms with Gasteiger partial charge in [-0.3, -0.25) is 14.5 Å². The largest absolute Gasteiger partial charge is 0.354 e. The van der Waals surface area contributed by atoms with Crippen molar-refractivity contribution in [1.29, 1.82) is 5.26 Å². The summed E-state index contributed by atoms with van der Waals surface area (Å²) in [6, 6.07) is 18.3. The van der Waals surface area contributed by atoms with Crippen molar-refractivity contribution in [1.82, 2.24) is 5.32 Å². The molecule has 2 aromatic rings. The second-order valence-electron chi connectivity index (χ2n) is 5.82. The van der Waals surface area contributed by atoms with Gasteiger partial charge in [0.1, 0.15) is 16.7 Å². The van der Waals surface area contributed by atoms with Gasteiger partial charge in [0, 0.05) is 17.8 Å². The van der Waals surface area contributed by atoms with Gasteiger partial charge >= 0.3 is 0 Å². The van der Waals surface area contributed by atoms with E-state index in [0.29, 0.717) is 22.2 Å². The SMILES string of the molecule is CNC(=O)/C(C#N)=C1\S[C@H](Cc2ccccc2)C(=O)N1c1ccc(Cl)cc1. The summed E-state index contributed by atoms with van der Waals surface area (Å²) in [5.74, 6) is -0.690. The molecule has 0 aliphatic carbocycles. The molecule has 1 N–H and O–H groups in total. The van der Waals surface area contributed by atoms with Crippen molar-refractivity contribution < 1.29 is 9.59 Å². The van der Waals surface area contributed by atoms with Crippen LogP contribution in [0.2, 0.25) is 5.02 Å². The number of hydrogen-bond donors (Lipinski definition) is 1. The molecule has 7 heteroatoms. The number of thioether (sulfide) groups is 1. The molecular weight excluding hydrogens is 382 g/mol. The van der Waals surface area contributed by atoms with Gasteiger partial charge in [-0.05, 0) is 36.2 Å². The van der Waals surface area contributed by atoms with Gasteiger partial charge in [0.25, 0.3) is 5.91 Å². The Morgan fingerprint density at radius 3 is 2.48 bits per heavy atom. The number of rotatable bonds is 4. The minimum Gasteiger partial charge on any atom is -0.354 e. The van der Waals surface area contributed by atoms with E-state index in [1.54, 1.807) is 24.3 Å². The number of likely N-dealkylation sites (N-methyl/N-ethyl adjacent to an activating group) is 1. The van der Waals surface area contributed by atoms with E-state index in [4.69, 9.17) is 11.6 Å². The van der Waals surface area contributed by atoms with Crippen molar-refractivity contribution in [3.05, 3.63) is 75.8 Å². The highest BCUT2D eigenvalue weighted by atomic mass is 35.5. The van der Waals surface area contributed by atoms with Crippen LogP contribution in [0.15, 0.2) is 65.2 Å². The van der Waals surface area contributed by atoms with Crippen molar-refractivity contribution in [3.8, 4) is 6.07 Å². The average Bonchev–Trinajstić information content (AvgIpc) is 3.00. The van der Waals surface area contributed by atoms with E-state index >= 15 is 0 Å². The number of anilines is 1. The van der Waals surface area contributed by atoms with Crippen LogP contribution in [0.1, 0.15) is 5.56 Å². The number of nitriles is 1. The molecule has 136 valence electrons. The molecule has 1 aliphatic rings. The maximum atomic E-state index is 13.1. The third-order valence-electron chi connectivity index (χ3n) is 4.08. The second-order valence-corrected chi connectivity index (χ2v) is 7.45. The van der Waals surface area contributed by atoms with Gasteiger partial charge in [0.05, 0.1) is 5.25 Å². The number of hydrogen-bond acceptors (Lipinski definition) is 4. The molecule has 5 nitrogen and oxygen atoms in total. The van der Waals surface area contributed by atoms with Crippen molar-refractivity contribution in [2.45, 2.75) is 11.7 Å². The fraction of sp³-hybridized carbons (Fsp3) is 0.150. The fourth-order valence-corrected chi connectivity index (χ4v) is 4.20. The van der Waals surface area contributed by atoms with Crippen LogP contribution >= 0.6 is 23.4 Å². The van der Waals surface area contributed by atoms with Crippen LogP contribution in [0.25, 0.3) is 0 Å². The molecule has 1 saturated heterocycles. The van der Waals surface area contributed by atoms with Gasteiger partial charge in [0.15, 0.2) is 0 Å². The van der Waals surface area contributed by atoms with Crippen LogP contribution in [0.4, 0.5) is 5.69 Å². The van der Waals surface area contributed by atoms with Crippen molar-refractivity contribution in [2.75, 3.05) is 11.9 Å². The first-order valence-electron chi connectivity index (χ1n) is 8.21. The van der Waals surface area contributed by atoms with E-state index in [-0.39, 0.29) is 11.5 Å². The minimum absolute atomic E-state index is 0.0821. The number of carbonyl (C=O) groups excluding carboxylic acids is 2. The molecule has 0 saturated carbocycles. The molecule has 3 rings (SSSR count). The van der Waals surface area contributed by atoms with Crippen LogP contribution in [-0.2, 0) is 16.0 Å². The predicted molar refractivity (Wildman–Crippen MR) is 107 cm³/mol. The highest BCUT2D eigenvalue weighted by Crippen LogP contribution is 2.42. The van der Waals surface area contributed by atoms with Gasteiger partial charge < -0.3 is 5.32 Å². The molecule has 2 aromatic carbocycles. The lowest BCUT2D eigenvalue weighted by Gasteiger charge is -2.18. The Labute approximate surface area is 166 Å². The molecule has 0 unspecified atom stereocenters. The Bertz CT molecular complexity index is 936. The highest BCUT2D eigenvalue weighted by molar-refractivity contribution is 8.05. The Kier molecular flexibility index (Phi) is 5.84. The summed E-state index contributed by atoms with van der Waals surface area (Å²) in [4.78, 5) is 26.7. The number of amides is 2. The maximum absolute atomic E-state index is 13.1. The fourth-order valence-electron chi connectivity index (χ4n) is 2.77. The zero-order chi connectivity index (χ0) is 19.4. The van der Waals surface area contributed by atoms with Crippen LogP contribution in [0.5, 0.6) is 0 Å². The minimum atomic E-state index is -0.521. The summed E-state index contributed by atoms with van der Waals surface area (Å²) in [6.07, 6.45) is 0.504. The smallest absolute Gasteiger partial charge is 0.264 e. The maximum Gasteiger partial charge on any atom is 0.264 e. The van der Waals surface area contributed by atoms with Crippen LogP contribution < -0.4 is 10.2 Å². The Hall–Kier alpha value is -2.75.